The Hall–Kier alpha value is -1.52. The largest absolute Gasteiger partial charge is 0.351 e. The molecule has 0 spiro atoms. The van der Waals surface area contributed by atoms with E-state index in [-0.39, 0.29) is 11.0 Å². The van der Waals surface area contributed by atoms with E-state index in [0.29, 0.717) is 6.54 Å². The number of carbonyl (C=O) groups is 1. The minimum atomic E-state index is -1.23. The first-order valence-corrected chi connectivity index (χ1v) is 6.21. The summed E-state index contributed by atoms with van der Waals surface area (Å²) >= 11 is 0. The molecule has 96 valence electrons. The van der Waals surface area contributed by atoms with E-state index in [9.17, 15) is 13.6 Å². The van der Waals surface area contributed by atoms with Gasteiger partial charge in [0.05, 0.1) is 5.56 Å². The molecule has 2 saturated carbocycles. The van der Waals surface area contributed by atoms with Crippen LogP contribution >= 0.6 is 0 Å². The Morgan fingerprint density at radius 2 is 2.17 bits per heavy atom. The lowest BCUT2D eigenvalue weighted by atomic mass is 10.0. The molecule has 0 aliphatic heterocycles. The van der Waals surface area contributed by atoms with Crippen LogP contribution in [0.3, 0.4) is 0 Å². The molecule has 0 bridgehead atoms. The number of hydrogen-bond donors (Lipinski definition) is 1. The average Bonchev–Trinajstić information content (AvgIpc) is 3.22. The van der Waals surface area contributed by atoms with Crippen molar-refractivity contribution in [2.45, 2.75) is 25.7 Å². The van der Waals surface area contributed by atoms with Crippen molar-refractivity contribution < 1.29 is 13.6 Å². The summed E-state index contributed by atoms with van der Waals surface area (Å²) in [6.07, 6.45) is 5.82. The molecular formula is C13H14F2N2O. The quantitative estimate of drug-likeness (QED) is 0.835. The van der Waals surface area contributed by atoms with Crippen molar-refractivity contribution in [1.29, 1.82) is 0 Å². The molecule has 0 aromatic carbocycles. The van der Waals surface area contributed by atoms with Gasteiger partial charge in [-0.1, -0.05) is 0 Å². The van der Waals surface area contributed by atoms with E-state index in [4.69, 9.17) is 0 Å². The monoisotopic (exact) mass is 252 g/mol. The van der Waals surface area contributed by atoms with Crippen LogP contribution in [-0.2, 0) is 0 Å². The molecule has 0 atom stereocenters. The highest BCUT2D eigenvalue weighted by Crippen LogP contribution is 2.60. The first kappa shape index (κ1) is 11.6. The summed E-state index contributed by atoms with van der Waals surface area (Å²) in [5, 5.41) is 2.72. The molecule has 0 radical (unpaired) electrons. The van der Waals surface area contributed by atoms with Crippen LogP contribution in [0.25, 0.3) is 0 Å². The molecule has 5 heteroatoms. The second kappa shape index (κ2) is 4.00. The van der Waals surface area contributed by atoms with E-state index in [0.717, 1.165) is 25.0 Å². The summed E-state index contributed by atoms with van der Waals surface area (Å²) in [6, 6.07) is 1.20. The van der Waals surface area contributed by atoms with Crippen molar-refractivity contribution in [1.82, 2.24) is 10.3 Å². The van der Waals surface area contributed by atoms with Gasteiger partial charge in [0, 0.05) is 12.7 Å². The lowest BCUT2D eigenvalue weighted by molar-refractivity contribution is 0.0937. The molecule has 18 heavy (non-hydrogen) atoms. The van der Waals surface area contributed by atoms with E-state index in [1.54, 1.807) is 0 Å². The Kier molecular flexibility index (Phi) is 2.57. The van der Waals surface area contributed by atoms with Gasteiger partial charge < -0.3 is 5.32 Å². The molecule has 1 aromatic rings. The third kappa shape index (κ3) is 1.98. The summed E-state index contributed by atoms with van der Waals surface area (Å²) in [7, 11) is 0. The van der Waals surface area contributed by atoms with Gasteiger partial charge in [-0.3, -0.25) is 4.79 Å². The third-order valence-electron chi connectivity index (χ3n) is 4.03. The SMILES string of the molecule is O=C(NCC1(C2CC2)CC1)c1ccnc(F)c1F. The number of nitrogens with zero attached hydrogens (tertiary/aromatic N) is 1. The zero-order chi connectivity index (χ0) is 12.8. The highest BCUT2D eigenvalue weighted by molar-refractivity contribution is 5.94. The molecule has 0 unspecified atom stereocenters. The summed E-state index contributed by atoms with van der Waals surface area (Å²) in [6.45, 7) is 0.569. The van der Waals surface area contributed by atoms with Crippen molar-refractivity contribution in [3.05, 3.63) is 29.6 Å². The summed E-state index contributed by atoms with van der Waals surface area (Å²) in [5.41, 5.74) is -0.0216. The molecular weight excluding hydrogens is 238 g/mol. The van der Waals surface area contributed by atoms with Crippen LogP contribution in [0.2, 0.25) is 0 Å². The van der Waals surface area contributed by atoms with Gasteiger partial charge in [-0.2, -0.15) is 4.39 Å². The van der Waals surface area contributed by atoms with Crippen molar-refractivity contribution in [3.63, 3.8) is 0 Å². The van der Waals surface area contributed by atoms with Gasteiger partial charge in [0.1, 0.15) is 0 Å². The van der Waals surface area contributed by atoms with Gasteiger partial charge in [0.25, 0.3) is 5.91 Å². The van der Waals surface area contributed by atoms with Crippen LogP contribution in [0.15, 0.2) is 12.3 Å². The van der Waals surface area contributed by atoms with E-state index >= 15 is 0 Å². The molecule has 1 amide bonds. The molecule has 1 N–H and O–H groups in total. The van der Waals surface area contributed by atoms with E-state index in [2.05, 4.69) is 10.3 Å². The van der Waals surface area contributed by atoms with Gasteiger partial charge in [0.15, 0.2) is 5.82 Å². The number of halogens is 2. The molecule has 2 fully saturated rings. The maximum atomic E-state index is 13.4. The second-order valence-electron chi connectivity index (χ2n) is 5.28. The second-order valence-corrected chi connectivity index (χ2v) is 5.28. The zero-order valence-electron chi connectivity index (χ0n) is 9.88. The fourth-order valence-electron chi connectivity index (χ4n) is 2.53. The Morgan fingerprint density at radius 1 is 1.44 bits per heavy atom. The predicted octanol–water partition coefficient (Wildman–Crippen LogP) is 2.28. The van der Waals surface area contributed by atoms with Gasteiger partial charge in [-0.05, 0) is 43.1 Å². The van der Waals surface area contributed by atoms with E-state index < -0.39 is 17.7 Å². The number of nitrogens with one attached hydrogen (secondary N) is 1. The molecule has 0 saturated heterocycles. The fourth-order valence-corrected chi connectivity index (χ4v) is 2.53. The smallest absolute Gasteiger partial charge is 0.254 e. The highest BCUT2D eigenvalue weighted by atomic mass is 19.2. The average molecular weight is 252 g/mol. The topological polar surface area (TPSA) is 42.0 Å². The summed E-state index contributed by atoms with van der Waals surface area (Å²) in [5.74, 6) is -2.24. The van der Waals surface area contributed by atoms with Crippen LogP contribution in [0, 0.1) is 23.1 Å². The van der Waals surface area contributed by atoms with Crippen molar-refractivity contribution in [2.24, 2.45) is 11.3 Å². The molecule has 1 heterocycles. The van der Waals surface area contributed by atoms with Crippen LogP contribution in [-0.4, -0.2) is 17.4 Å². The lowest BCUT2D eigenvalue weighted by Gasteiger charge is -2.15. The number of rotatable bonds is 4. The van der Waals surface area contributed by atoms with E-state index in [1.165, 1.54) is 18.9 Å². The van der Waals surface area contributed by atoms with E-state index in [1.807, 2.05) is 0 Å². The Morgan fingerprint density at radius 3 is 2.78 bits per heavy atom. The van der Waals surface area contributed by atoms with Crippen molar-refractivity contribution in [2.75, 3.05) is 6.54 Å². The van der Waals surface area contributed by atoms with Gasteiger partial charge >= 0.3 is 0 Å². The maximum Gasteiger partial charge on any atom is 0.254 e. The van der Waals surface area contributed by atoms with Gasteiger partial charge in [-0.15, -0.1) is 0 Å². The van der Waals surface area contributed by atoms with Crippen molar-refractivity contribution >= 4 is 5.91 Å². The van der Waals surface area contributed by atoms with Crippen molar-refractivity contribution in [3.8, 4) is 0 Å². The van der Waals surface area contributed by atoms with Crippen LogP contribution < -0.4 is 5.32 Å². The fraction of sp³-hybridized carbons (Fsp3) is 0.538. The summed E-state index contributed by atoms with van der Waals surface area (Å²) in [4.78, 5) is 14.9. The highest BCUT2D eigenvalue weighted by Gasteiger charge is 2.53. The van der Waals surface area contributed by atoms with Crippen LogP contribution in [0.5, 0.6) is 0 Å². The van der Waals surface area contributed by atoms with Gasteiger partial charge in [-0.25, -0.2) is 9.37 Å². The zero-order valence-corrected chi connectivity index (χ0v) is 9.88. The normalized spacial score (nSPS) is 20.6. The molecule has 3 rings (SSSR count). The minimum Gasteiger partial charge on any atom is -0.351 e. The lowest BCUT2D eigenvalue weighted by Crippen LogP contribution is -2.32. The van der Waals surface area contributed by atoms with Crippen LogP contribution in [0.1, 0.15) is 36.0 Å². The number of pyridine rings is 1. The Labute approximate surface area is 104 Å². The Balaban J connectivity index is 1.66. The first-order chi connectivity index (χ1) is 8.62. The molecule has 2 aliphatic carbocycles. The summed E-state index contributed by atoms with van der Waals surface area (Å²) < 4.78 is 26.3. The van der Waals surface area contributed by atoms with Gasteiger partial charge in [0.2, 0.25) is 5.95 Å². The standard InChI is InChI=1S/C13H14F2N2O/c14-10-9(3-6-16-11(10)15)12(18)17-7-13(4-5-13)8-1-2-8/h3,6,8H,1-2,4-5,7H2,(H,17,18). The number of carbonyl (C=O) groups excluding carboxylic acids is 1. The van der Waals surface area contributed by atoms with Crippen LogP contribution in [0.4, 0.5) is 8.78 Å². The number of hydrogen-bond acceptors (Lipinski definition) is 2. The number of aromatic nitrogens is 1. The first-order valence-electron chi connectivity index (χ1n) is 6.21. The molecule has 1 aromatic heterocycles. The molecule has 3 nitrogen and oxygen atoms in total. The third-order valence-corrected chi connectivity index (χ3v) is 4.03. The molecule has 2 aliphatic rings. The predicted molar refractivity (Wildman–Crippen MR) is 60.9 cm³/mol. The number of amides is 1. The minimum absolute atomic E-state index is 0.248. The maximum absolute atomic E-state index is 13.4. The Bertz CT molecular complexity index is 496.